The van der Waals surface area contributed by atoms with Gasteiger partial charge in [-0.05, 0) is 86.1 Å². The third-order valence-electron chi connectivity index (χ3n) is 9.84. The fraction of sp³-hybridized carbons (Fsp3) is 0.286. The van der Waals surface area contributed by atoms with Crippen LogP contribution >= 0.6 is 0 Å². The number of anilines is 2. The lowest BCUT2D eigenvalue weighted by Crippen LogP contribution is -2.44. The van der Waals surface area contributed by atoms with Crippen molar-refractivity contribution in [3.05, 3.63) is 131 Å². The van der Waals surface area contributed by atoms with Crippen molar-refractivity contribution < 1.29 is 19.2 Å². The predicted molar refractivity (Wildman–Crippen MR) is 198 cm³/mol. The molecule has 0 bridgehead atoms. The Labute approximate surface area is 294 Å². The highest BCUT2D eigenvalue weighted by molar-refractivity contribution is 5.99. The van der Waals surface area contributed by atoms with Crippen LogP contribution in [0.1, 0.15) is 73.6 Å². The quantitative estimate of drug-likeness (QED) is 0.173. The smallest absolute Gasteiger partial charge is 0.247 e. The maximum absolute atomic E-state index is 13.3. The Morgan fingerprint density at radius 1 is 0.560 bits per heavy atom. The van der Waals surface area contributed by atoms with Gasteiger partial charge in [-0.15, -0.1) is 0 Å². The highest BCUT2D eigenvalue weighted by Gasteiger charge is 2.37. The highest BCUT2D eigenvalue weighted by atomic mass is 16.2. The van der Waals surface area contributed by atoms with E-state index in [0.717, 1.165) is 35.1 Å². The number of hydrogen-bond acceptors (Lipinski definition) is 4. The standard InChI is InChI=1S/C42H44N4O4/c1-29(33-11-5-3-6-12-33)41(49)45-27-9-15-37(45)39(47)43-35-23-19-31(20-24-35)17-18-32-21-25-36(26-22-32)44-40(48)38-16-10-28-46(38)42(50)30(2)34-13-7-4-8-14-34/h3-8,11-14,17-26,29-30,37-38H,9-10,15-16,27-28H2,1-2H3,(H,43,47)(H,44,48)/b18-17+/t29-,30-,37-,38-/m0/s1. The Kier molecular flexibility index (Phi) is 10.9. The van der Waals surface area contributed by atoms with Crippen LogP contribution in [0.2, 0.25) is 0 Å². The van der Waals surface area contributed by atoms with E-state index in [-0.39, 0.29) is 35.5 Å². The number of carbonyl (C=O) groups excluding carboxylic acids is 4. The second-order valence-electron chi connectivity index (χ2n) is 13.2. The summed E-state index contributed by atoms with van der Waals surface area (Å²) < 4.78 is 0. The van der Waals surface area contributed by atoms with Crippen molar-refractivity contribution >= 4 is 47.2 Å². The van der Waals surface area contributed by atoms with Gasteiger partial charge in [0.2, 0.25) is 23.6 Å². The molecule has 0 aliphatic carbocycles. The van der Waals surface area contributed by atoms with Gasteiger partial charge in [-0.3, -0.25) is 19.2 Å². The zero-order valence-corrected chi connectivity index (χ0v) is 28.6. The summed E-state index contributed by atoms with van der Waals surface area (Å²) in [5.41, 5.74) is 5.18. The normalized spacial score (nSPS) is 18.5. The fourth-order valence-electron chi connectivity index (χ4n) is 6.87. The van der Waals surface area contributed by atoms with Crippen LogP contribution in [0, 0.1) is 0 Å². The molecule has 0 spiro atoms. The summed E-state index contributed by atoms with van der Waals surface area (Å²) in [5.74, 6) is -0.988. The molecule has 2 saturated heterocycles. The summed E-state index contributed by atoms with van der Waals surface area (Å²) in [4.78, 5) is 56.4. The van der Waals surface area contributed by atoms with Gasteiger partial charge in [0, 0.05) is 24.5 Å². The molecule has 0 aromatic heterocycles. The van der Waals surface area contributed by atoms with Crippen molar-refractivity contribution in [1.82, 2.24) is 9.80 Å². The van der Waals surface area contributed by atoms with Crippen LogP contribution in [-0.4, -0.2) is 58.6 Å². The first-order chi connectivity index (χ1) is 24.3. The van der Waals surface area contributed by atoms with Crippen molar-refractivity contribution in [2.24, 2.45) is 0 Å². The van der Waals surface area contributed by atoms with E-state index in [9.17, 15) is 19.2 Å². The lowest BCUT2D eigenvalue weighted by molar-refractivity contribution is -0.137. The lowest BCUT2D eigenvalue weighted by Gasteiger charge is -2.27. The predicted octanol–water partition coefficient (Wildman–Crippen LogP) is 7.32. The molecule has 0 radical (unpaired) electrons. The molecule has 2 N–H and O–H groups in total. The van der Waals surface area contributed by atoms with Crippen LogP contribution in [0.5, 0.6) is 0 Å². The van der Waals surface area contributed by atoms with Gasteiger partial charge in [0.25, 0.3) is 0 Å². The van der Waals surface area contributed by atoms with Crippen LogP contribution in [0.4, 0.5) is 11.4 Å². The number of hydrogen-bond donors (Lipinski definition) is 2. The summed E-state index contributed by atoms with van der Waals surface area (Å²) in [6, 6.07) is 33.6. The molecule has 4 aromatic rings. The topological polar surface area (TPSA) is 98.8 Å². The molecule has 2 aliphatic heterocycles. The van der Waals surface area contributed by atoms with E-state index in [1.165, 1.54) is 0 Å². The van der Waals surface area contributed by atoms with Crippen molar-refractivity contribution in [2.75, 3.05) is 23.7 Å². The fourth-order valence-corrected chi connectivity index (χ4v) is 6.87. The van der Waals surface area contributed by atoms with Gasteiger partial charge in [-0.25, -0.2) is 0 Å². The van der Waals surface area contributed by atoms with Crippen LogP contribution in [0.15, 0.2) is 109 Å². The van der Waals surface area contributed by atoms with E-state index < -0.39 is 12.1 Å². The minimum Gasteiger partial charge on any atom is -0.330 e. The third-order valence-corrected chi connectivity index (χ3v) is 9.84. The number of benzene rings is 4. The van der Waals surface area contributed by atoms with E-state index in [2.05, 4.69) is 10.6 Å². The Balaban J connectivity index is 1.000. The minimum absolute atomic E-state index is 0.0223. The Bertz CT molecular complexity index is 1690. The molecule has 4 amide bonds. The molecule has 4 aromatic carbocycles. The first-order valence-electron chi connectivity index (χ1n) is 17.5. The van der Waals surface area contributed by atoms with E-state index in [1.54, 1.807) is 9.80 Å². The molecule has 2 aliphatic rings. The lowest BCUT2D eigenvalue weighted by atomic mass is 9.99. The molecule has 2 heterocycles. The van der Waals surface area contributed by atoms with Crippen molar-refractivity contribution in [3.63, 3.8) is 0 Å². The monoisotopic (exact) mass is 668 g/mol. The van der Waals surface area contributed by atoms with Crippen molar-refractivity contribution in [3.8, 4) is 0 Å². The van der Waals surface area contributed by atoms with Gasteiger partial charge in [0.05, 0.1) is 11.8 Å². The van der Waals surface area contributed by atoms with E-state index in [1.807, 2.05) is 135 Å². The van der Waals surface area contributed by atoms with Crippen LogP contribution < -0.4 is 10.6 Å². The summed E-state index contributed by atoms with van der Waals surface area (Å²) in [5, 5.41) is 6.00. The van der Waals surface area contributed by atoms with E-state index >= 15 is 0 Å². The first-order valence-corrected chi connectivity index (χ1v) is 17.5. The van der Waals surface area contributed by atoms with Gasteiger partial charge in [0.1, 0.15) is 12.1 Å². The average Bonchev–Trinajstić information content (AvgIpc) is 3.86. The first kappa shape index (κ1) is 34.4. The third kappa shape index (κ3) is 8.03. The summed E-state index contributed by atoms with van der Waals surface area (Å²) >= 11 is 0. The Hall–Kier alpha value is -5.50. The number of nitrogens with zero attached hydrogens (tertiary/aromatic N) is 2. The maximum Gasteiger partial charge on any atom is 0.247 e. The number of likely N-dealkylation sites (tertiary alicyclic amines) is 2. The maximum atomic E-state index is 13.3. The molecule has 8 heteroatoms. The molecule has 0 saturated carbocycles. The van der Waals surface area contributed by atoms with Crippen LogP contribution in [0.3, 0.4) is 0 Å². The molecule has 50 heavy (non-hydrogen) atoms. The number of rotatable bonds is 10. The number of amides is 4. The van der Waals surface area contributed by atoms with Crippen LogP contribution in [0.25, 0.3) is 12.2 Å². The van der Waals surface area contributed by atoms with Crippen molar-refractivity contribution in [1.29, 1.82) is 0 Å². The minimum atomic E-state index is -0.482. The van der Waals surface area contributed by atoms with Gasteiger partial charge in [0.15, 0.2) is 0 Å². The summed E-state index contributed by atoms with van der Waals surface area (Å²) in [6.07, 6.45) is 6.87. The zero-order chi connectivity index (χ0) is 35.0. The van der Waals surface area contributed by atoms with E-state index in [0.29, 0.717) is 37.3 Å². The molecule has 6 rings (SSSR count). The Morgan fingerprint density at radius 3 is 1.28 bits per heavy atom. The second kappa shape index (κ2) is 15.8. The zero-order valence-electron chi connectivity index (χ0n) is 28.6. The van der Waals surface area contributed by atoms with Gasteiger partial charge in [-0.2, -0.15) is 0 Å². The molecule has 256 valence electrons. The molecule has 4 atom stereocenters. The SMILES string of the molecule is C[C@H](C(=O)N1CCC[C@H]1C(=O)Nc1ccc(/C=C/c2ccc(NC(=O)[C@@H]3CCCN3C(=O)[C@@H](C)c3ccccc3)cc2)cc1)c1ccccc1. The number of carbonyl (C=O) groups is 4. The highest BCUT2D eigenvalue weighted by Crippen LogP contribution is 2.27. The molecule has 2 fully saturated rings. The molecular formula is C42H44N4O4. The van der Waals surface area contributed by atoms with Crippen molar-refractivity contribution in [2.45, 2.75) is 63.5 Å². The molecular weight excluding hydrogens is 624 g/mol. The Morgan fingerprint density at radius 2 is 0.920 bits per heavy atom. The second-order valence-corrected chi connectivity index (χ2v) is 13.2. The molecule has 0 unspecified atom stereocenters. The van der Waals surface area contributed by atoms with Crippen LogP contribution in [-0.2, 0) is 19.2 Å². The molecule has 8 nitrogen and oxygen atoms in total. The average molecular weight is 669 g/mol. The van der Waals surface area contributed by atoms with Gasteiger partial charge in [-0.1, -0.05) is 97.1 Å². The summed E-state index contributed by atoms with van der Waals surface area (Å²) in [7, 11) is 0. The number of nitrogens with one attached hydrogen (secondary N) is 2. The van der Waals surface area contributed by atoms with Gasteiger partial charge < -0.3 is 20.4 Å². The van der Waals surface area contributed by atoms with Gasteiger partial charge >= 0.3 is 0 Å². The van der Waals surface area contributed by atoms with E-state index in [4.69, 9.17) is 0 Å². The summed E-state index contributed by atoms with van der Waals surface area (Å²) in [6.45, 7) is 4.96. The largest absolute Gasteiger partial charge is 0.330 e.